The molecule has 0 saturated heterocycles. The molecule has 2 atom stereocenters. The summed E-state index contributed by atoms with van der Waals surface area (Å²) in [5.41, 5.74) is 2.47. The van der Waals surface area contributed by atoms with E-state index in [1.165, 1.54) is 0 Å². The molecule has 0 radical (unpaired) electrons. The number of hydrogen-bond donors (Lipinski definition) is 3. The molecule has 3 rings (SSSR count). The first kappa shape index (κ1) is 18.8. The Morgan fingerprint density at radius 3 is 2.67 bits per heavy atom. The van der Waals surface area contributed by atoms with Gasteiger partial charge in [0, 0.05) is 5.69 Å². The number of hydrogen-bond acceptors (Lipinski definition) is 3. The summed E-state index contributed by atoms with van der Waals surface area (Å²) in [5, 5.41) is 3.56. The van der Waals surface area contributed by atoms with Gasteiger partial charge >= 0.3 is 0 Å². The van der Waals surface area contributed by atoms with Crippen LogP contribution in [-0.4, -0.2) is 29.5 Å². The molecule has 1 heterocycles. The quantitative estimate of drug-likeness (QED) is 0.622. The van der Waals surface area contributed by atoms with Crippen LogP contribution >= 0.6 is 0 Å². The van der Waals surface area contributed by atoms with Crippen LogP contribution in [0.25, 0.3) is 10.9 Å². The van der Waals surface area contributed by atoms with Crippen LogP contribution in [0.4, 0.5) is 5.69 Å². The number of anilines is 1. The number of amides is 1. The molecule has 1 amide bonds. The van der Waals surface area contributed by atoms with E-state index in [1.807, 2.05) is 56.4 Å². The molecule has 3 aromatic rings. The van der Waals surface area contributed by atoms with Crippen molar-refractivity contribution in [1.82, 2.24) is 9.97 Å². The fraction of sp³-hybridized carbons (Fsp3) is 0.286. The third-order valence-electron chi connectivity index (χ3n) is 4.89. The van der Waals surface area contributed by atoms with Gasteiger partial charge in [-0.2, -0.15) is 0 Å². The van der Waals surface area contributed by atoms with Gasteiger partial charge in [0.15, 0.2) is 12.4 Å². The van der Waals surface area contributed by atoms with Gasteiger partial charge in [-0.15, -0.1) is 0 Å². The molecule has 0 bridgehead atoms. The van der Waals surface area contributed by atoms with Crippen LogP contribution in [0.2, 0.25) is 0 Å². The zero-order valence-electron chi connectivity index (χ0n) is 15.9. The molecule has 0 fully saturated rings. The van der Waals surface area contributed by atoms with Crippen molar-refractivity contribution in [3.8, 4) is 0 Å². The summed E-state index contributed by atoms with van der Waals surface area (Å²) in [6.07, 6.45) is 0.859. The molecule has 0 aliphatic heterocycles. The van der Waals surface area contributed by atoms with E-state index < -0.39 is 0 Å². The number of aryl methyl sites for hydroxylation is 1. The number of rotatable bonds is 6. The van der Waals surface area contributed by atoms with Crippen molar-refractivity contribution in [3.05, 3.63) is 70.3 Å². The highest BCUT2D eigenvalue weighted by molar-refractivity contribution is 5.92. The molecule has 6 heteroatoms. The Hall–Kier alpha value is -2.99. The number of nitrogens with one attached hydrogen (secondary N) is 3. The number of H-pyrrole nitrogens is 1. The standard InChI is InChI=1S/C21H24N4O2/c1-4-15-9-5-7-11-17(15)22-19(26)13-25(3)14(2)20-23-18-12-8-6-10-16(18)21(27)24-20/h5-12,14H,4,13H2,1-3H3,(H,22,26)(H,23,24,27)/p+1/t14-/m0/s1. The van der Waals surface area contributed by atoms with Crippen LogP contribution in [0.3, 0.4) is 0 Å². The van der Waals surface area contributed by atoms with Crippen LogP contribution in [0.5, 0.6) is 0 Å². The highest BCUT2D eigenvalue weighted by Gasteiger charge is 2.22. The van der Waals surface area contributed by atoms with Gasteiger partial charge in [-0.1, -0.05) is 37.3 Å². The molecule has 1 aromatic heterocycles. The highest BCUT2D eigenvalue weighted by atomic mass is 16.2. The number of fused-ring (bicyclic) bond motifs is 1. The largest absolute Gasteiger partial charge is 0.321 e. The number of carbonyl (C=O) groups excluding carboxylic acids is 1. The second-order valence-corrected chi connectivity index (χ2v) is 6.77. The Morgan fingerprint density at radius 2 is 1.89 bits per heavy atom. The van der Waals surface area contributed by atoms with Gasteiger partial charge in [0.05, 0.1) is 18.0 Å². The number of nitrogens with zero attached hydrogens (tertiary/aromatic N) is 1. The van der Waals surface area contributed by atoms with Crippen LogP contribution < -0.4 is 15.8 Å². The molecule has 1 unspecified atom stereocenters. The second kappa shape index (κ2) is 8.14. The summed E-state index contributed by atoms with van der Waals surface area (Å²) in [6, 6.07) is 14.9. The lowest BCUT2D eigenvalue weighted by Crippen LogP contribution is -3.10. The fourth-order valence-electron chi connectivity index (χ4n) is 3.09. The average Bonchev–Trinajstić information content (AvgIpc) is 2.67. The van der Waals surface area contributed by atoms with E-state index in [-0.39, 0.29) is 24.1 Å². The molecule has 27 heavy (non-hydrogen) atoms. The Kier molecular flexibility index (Phi) is 5.66. The average molecular weight is 365 g/mol. The maximum atomic E-state index is 12.5. The zero-order chi connectivity index (χ0) is 19.4. The van der Waals surface area contributed by atoms with E-state index in [4.69, 9.17) is 0 Å². The first-order valence-electron chi connectivity index (χ1n) is 9.18. The SMILES string of the molecule is CCc1ccccc1NC(=O)C[NH+](C)[C@@H](C)c1nc2ccccc2c(=O)[nH]1. The van der Waals surface area contributed by atoms with Gasteiger partial charge in [0.1, 0.15) is 6.04 Å². The number of aromatic amines is 1. The predicted molar refractivity (Wildman–Crippen MR) is 107 cm³/mol. The monoisotopic (exact) mass is 365 g/mol. The fourth-order valence-corrected chi connectivity index (χ4v) is 3.09. The lowest BCUT2D eigenvalue weighted by Gasteiger charge is -2.21. The van der Waals surface area contributed by atoms with Crippen molar-refractivity contribution in [2.24, 2.45) is 0 Å². The third kappa shape index (κ3) is 4.23. The molecular weight excluding hydrogens is 340 g/mol. The maximum absolute atomic E-state index is 12.5. The minimum Gasteiger partial charge on any atom is -0.321 e. The van der Waals surface area contributed by atoms with Crippen molar-refractivity contribution in [2.75, 3.05) is 18.9 Å². The summed E-state index contributed by atoms with van der Waals surface area (Å²) in [6.45, 7) is 4.29. The Bertz CT molecular complexity index is 1010. The first-order chi connectivity index (χ1) is 13.0. The topological polar surface area (TPSA) is 79.3 Å². The van der Waals surface area contributed by atoms with Gasteiger partial charge < -0.3 is 15.2 Å². The van der Waals surface area contributed by atoms with Crippen LogP contribution in [0.15, 0.2) is 53.3 Å². The Labute approximate surface area is 158 Å². The van der Waals surface area contributed by atoms with Gasteiger partial charge in [0.25, 0.3) is 11.5 Å². The van der Waals surface area contributed by atoms with Crippen molar-refractivity contribution >= 4 is 22.5 Å². The van der Waals surface area contributed by atoms with E-state index in [9.17, 15) is 9.59 Å². The lowest BCUT2D eigenvalue weighted by atomic mass is 10.1. The summed E-state index contributed by atoms with van der Waals surface area (Å²) < 4.78 is 0. The summed E-state index contributed by atoms with van der Waals surface area (Å²) in [5.74, 6) is 0.515. The minimum atomic E-state index is -0.156. The number of para-hydroxylation sites is 2. The van der Waals surface area contributed by atoms with E-state index in [1.54, 1.807) is 6.07 Å². The van der Waals surface area contributed by atoms with E-state index >= 15 is 0 Å². The van der Waals surface area contributed by atoms with Gasteiger partial charge in [-0.3, -0.25) is 9.59 Å². The molecule has 6 nitrogen and oxygen atoms in total. The Morgan fingerprint density at radius 1 is 1.19 bits per heavy atom. The van der Waals surface area contributed by atoms with Crippen LogP contribution in [0.1, 0.15) is 31.3 Å². The molecule has 3 N–H and O–H groups in total. The minimum absolute atomic E-state index is 0.0663. The maximum Gasteiger partial charge on any atom is 0.279 e. The molecular formula is C21H25N4O2+. The highest BCUT2D eigenvalue weighted by Crippen LogP contribution is 2.15. The van der Waals surface area contributed by atoms with Crippen molar-refractivity contribution in [1.29, 1.82) is 0 Å². The number of likely N-dealkylation sites (N-methyl/N-ethyl adjacent to an activating group) is 1. The van der Waals surface area contributed by atoms with Gasteiger partial charge in [-0.05, 0) is 37.1 Å². The zero-order valence-corrected chi connectivity index (χ0v) is 15.9. The van der Waals surface area contributed by atoms with Crippen LogP contribution in [-0.2, 0) is 11.2 Å². The number of aromatic nitrogens is 2. The lowest BCUT2D eigenvalue weighted by molar-refractivity contribution is -0.902. The van der Waals surface area contributed by atoms with Gasteiger partial charge in [0.2, 0.25) is 0 Å². The summed E-state index contributed by atoms with van der Waals surface area (Å²) >= 11 is 0. The van der Waals surface area contributed by atoms with E-state index in [2.05, 4.69) is 22.2 Å². The number of carbonyl (C=O) groups is 1. The molecule has 0 saturated carbocycles. The predicted octanol–water partition coefficient (Wildman–Crippen LogP) is 1.70. The van der Waals surface area contributed by atoms with Crippen molar-refractivity contribution < 1.29 is 9.69 Å². The molecule has 0 aliphatic carbocycles. The Balaban J connectivity index is 1.73. The van der Waals surface area contributed by atoms with Crippen LogP contribution in [0, 0.1) is 0 Å². The second-order valence-electron chi connectivity index (χ2n) is 6.77. The van der Waals surface area contributed by atoms with E-state index in [0.717, 1.165) is 22.6 Å². The van der Waals surface area contributed by atoms with Gasteiger partial charge in [-0.25, -0.2) is 4.98 Å². The molecule has 140 valence electrons. The molecule has 2 aromatic carbocycles. The number of benzene rings is 2. The smallest absolute Gasteiger partial charge is 0.279 e. The normalized spacial score (nSPS) is 13.3. The van der Waals surface area contributed by atoms with E-state index in [0.29, 0.717) is 16.7 Å². The summed E-state index contributed by atoms with van der Waals surface area (Å²) in [7, 11) is 1.92. The van der Waals surface area contributed by atoms with Crippen molar-refractivity contribution in [3.63, 3.8) is 0 Å². The molecule has 0 spiro atoms. The first-order valence-corrected chi connectivity index (χ1v) is 9.18. The molecule has 0 aliphatic rings. The third-order valence-corrected chi connectivity index (χ3v) is 4.89. The summed E-state index contributed by atoms with van der Waals surface area (Å²) in [4.78, 5) is 33.1. The van der Waals surface area contributed by atoms with Crippen molar-refractivity contribution in [2.45, 2.75) is 26.3 Å². The number of quaternary nitrogens is 1.